The van der Waals surface area contributed by atoms with Crippen molar-refractivity contribution in [2.45, 2.75) is 44.8 Å². The van der Waals surface area contributed by atoms with Gasteiger partial charge in [-0.3, -0.25) is 0 Å². The molecule has 0 saturated heterocycles. The van der Waals surface area contributed by atoms with Gasteiger partial charge in [0.15, 0.2) is 0 Å². The molecule has 0 aliphatic carbocycles. The van der Waals surface area contributed by atoms with Gasteiger partial charge in [0.2, 0.25) is 0 Å². The molecule has 3 nitrogen and oxygen atoms in total. The Labute approximate surface area is 68.8 Å². The van der Waals surface area contributed by atoms with E-state index in [-0.39, 0.29) is 6.54 Å². The minimum Gasteiger partial charge on any atom is -0.375 e. The fourth-order valence-electron chi connectivity index (χ4n) is 0.960. The Balaban J connectivity index is 3.23. The summed E-state index contributed by atoms with van der Waals surface area (Å²) in [4.78, 5) is 0. The third-order valence-electron chi connectivity index (χ3n) is 1.82. The predicted octanol–water partition coefficient (Wildman–Crippen LogP) is 0.563. The van der Waals surface area contributed by atoms with Crippen molar-refractivity contribution in [2.24, 2.45) is 11.5 Å². The summed E-state index contributed by atoms with van der Waals surface area (Å²) < 4.78 is 0. The number of hydrogen-bond donors (Lipinski definition) is 3. The molecular weight excluding hydrogens is 140 g/mol. The van der Waals surface area contributed by atoms with E-state index >= 15 is 0 Å². The van der Waals surface area contributed by atoms with E-state index in [1.165, 1.54) is 12.8 Å². The van der Waals surface area contributed by atoms with Crippen LogP contribution in [0.15, 0.2) is 0 Å². The molecular formula is C8H20N2O. The van der Waals surface area contributed by atoms with Crippen molar-refractivity contribution in [3.8, 4) is 0 Å². The van der Waals surface area contributed by atoms with Gasteiger partial charge < -0.3 is 16.6 Å². The lowest BCUT2D eigenvalue weighted by molar-refractivity contribution is 0.0443. The minimum absolute atomic E-state index is 0.152. The maximum absolute atomic E-state index is 9.28. The second-order valence-electron chi connectivity index (χ2n) is 3.12. The zero-order valence-corrected chi connectivity index (χ0v) is 7.34. The third kappa shape index (κ3) is 6.28. The Morgan fingerprint density at radius 2 is 1.91 bits per heavy atom. The van der Waals surface area contributed by atoms with Crippen LogP contribution in [0, 0.1) is 0 Å². The summed E-state index contributed by atoms with van der Waals surface area (Å²) in [7, 11) is 0. The van der Waals surface area contributed by atoms with Gasteiger partial charge in [-0.15, -0.1) is 0 Å². The van der Waals surface area contributed by atoms with Crippen LogP contribution < -0.4 is 11.5 Å². The third-order valence-corrected chi connectivity index (χ3v) is 1.82. The molecule has 0 bridgehead atoms. The van der Waals surface area contributed by atoms with Gasteiger partial charge in [-0.25, -0.2) is 0 Å². The molecule has 0 amide bonds. The van der Waals surface area contributed by atoms with Gasteiger partial charge in [0.25, 0.3) is 0 Å². The number of aliphatic hydroxyl groups is 1. The monoisotopic (exact) mass is 160 g/mol. The second kappa shape index (κ2) is 5.52. The number of unbranched alkanes of at least 4 members (excludes halogenated alkanes) is 3. The van der Waals surface area contributed by atoms with E-state index in [2.05, 4.69) is 6.92 Å². The largest absolute Gasteiger partial charge is 0.375 e. The molecule has 0 heterocycles. The molecule has 1 atom stereocenters. The average molecular weight is 160 g/mol. The quantitative estimate of drug-likeness (QED) is 0.393. The summed E-state index contributed by atoms with van der Waals surface area (Å²) in [6.07, 6.45) is 5.13. The summed E-state index contributed by atoms with van der Waals surface area (Å²) >= 11 is 0. The summed E-state index contributed by atoms with van der Waals surface area (Å²) in [6.45, 7) is 2.30. The fourth-order valence-corrected chi connectivity index (χ4v) is 0.960. The first kappa shape index (κ1) is 10.9. The van der Waals surface area contributed by atoms with E-state index in [1.54, 1.807) is 0 Å². The van der Waals surface area contributed by atoms with Crippen LogP contribution in [0.4, 0.5) is 0 Å². The van der Waals surface area contributed by atoms with Gasteiger partial charge >= 0.3 is 0 Å². The fraction of sp³-hybridized carbons (Fsp3) is 1.00. The van der Waals surface area contributed by atoms with Crippen LogP contribution in [-0.2, 0) is 0 Å². The Kier molecular flexibility index (Phi) is 5.46. The van der Waals surface area contributed by atoms with Crippen molar-refractivity contribution in [1.29, 1.82) is 0 Å². The lowest BCUT2D eigenvalue weighted by Crippen LogP contribution is -2.46. The average Bonchev–Trinajstić information content (AvgIpc) is 1.99. The van der Waals surface area contributed by atoms with Crippen molar-refractivity contribution in [1.82, 2.24) is 0 Å². The number of rotatable bonds is 6. The molecule has 0 aromatic carbocycles. The van der Waals surface area contributed by atoms with Crippen LogP contribution >= 0.6 is 0 Å². The Morgan fingerprint density at radius 3 is 2.36 bits per heavy atom. The molecule has 0 rings (SSSR count). The van der Waals surface area contributed by atoms with Gasteiger partial charge in [0, 0.05) is 6.54 Å². The van der Waals surface area contributed by atoms with Gasteiger partial charge in [-0.05, 0) is 12.8 Å². The van der Waals surface area contributed by atoms with Gasteiger partial charge in [0.05, 0.1) is 0 Å². The first-order chi connectivity index (χ1) is 5.12. The zero-order valence-electron chi connectivity index (χ0n) is 7.34. The molecule has 0 spiro atoms. The van der Waals surface area contributed by atoms with E-state index in [4.69, 9.17) is 11.5 Å². The van der Waals surface area contributed by atoms with Crippen LogP contribution in [0.25, 0.3) is 0 Å². The molecule has 0 aromatic rings. The van der Waals surface area contributed by atoms with Crippen LogP contribution in [0.2, 0.25) is 0 Å². The maximum atomic E-state index is 9.28. The molecule has 0 aliphatic heterocycles. The molecule has 68 valence electrons. The molecule has 1 unspecified atom stereocenters. The van der Waals surface area contributed by atoms with Crippen molar-refractivity contribution in [3.63, 3.8) is 0 Å². The Hall–Kier alpha value is -0.120. The van der Waals surface area contributed by atoms with E-state index < -0.39 is 5.72 Å². The SMILES string of the molecule is CCCCCCC(N)(O)CN. The Bertz CT molecular complexity index is 94.1. The highest BCUT2D eigenvalue weighted by Crippen LogP contribution is 2.08. The highest BCUT2D eigenvalue weighted by Gasteiger charge is 2.16. The molecule has 0 saturated carbocycles. The van der Waals surface area contributed by atoms with Crippen LogP contribution in [0.5, 0.6) is 0 Å². The summed E-state index contributed by atoms with van der Waals surface area (Å²) in [6, 6.07) is 0. The van der Waals surface area contributed by atoms with Crippen molar-refractivity contribution < 1.29 is 5.11 Å². The lowest BCUT2D eigenvalue weighted by Gasteiger charge is -2.20. The van der Waals surface area contributed by atoms with Crippen molar-refractivity contribution >= 4 is 0 Å². The summed E-state index contributed by atoms with van der Waals surface area (Å²) in [5, 5.41) is 9.28. The van der Waals surface area contributed by atoms with E-state index in [0.29, 0.717) is 6.42 Å². The molecule has 5 N–H and O–H groups in total. The number of nitrogens with two attached hydrogens (primary N) is 2. The van der Waals surface area contributed by atoms with Crippen molar-refractivity contribution in [3.05, 3.63) is 0 Å². The molecule has 0 radical (unpaired) electrons. The molecule has 11 heavy (non-hydrogen) atoms. The summed E-state index contributed by atoms with van der Waals surface area (Å²) in [5.41, 5.74) is 9.54. The molecule has 3 heteroatoms. The van der Waals surface area contributed by atoms with Crippen LogP contribution in [0.1, 0.15) is 39.0 Å². The smallest absolute Gasteiger partial charge is 0.125 e. The van der Waals surface area contributed by atoms with Gasteiger partial charge in [0.1, 0.15) is 5.72 Å². The highest BCUT2D eigenvalue weighted by molar-refractivity contribution is 4.70. The van der Waals surface area contributed by atoms with E-state index in [1.807, 2.05) is 0 Å². The van der Waals surface area contributed by atoms with Crippen molar-refractivity contribution in [2.75, 3.05) is 6.54 Å². The molecule has 0 fully saturated rings. The highest BCUT2D eigenvalue weighted by atomic mass is 16.3. The first-order valence-electron chi connectivity index (χ1n) is 4.33. The minimum atomic E-state index is -1.13. The van der Waals surface area contributed by atoms with E-state index in [0.717, 1.165) is 12.8 Å². The Morgan fingerprint density at radius 1 is 1.27 bits per heavy atom. The zero-order chi connectivity index (χ0) is 8.74. The van der Waals surface area contributed by atoms with E-state index in [9.17, 15) is 5.11 Å². The van der Waals surface area contributed by atoms with Crippen LogP contribution in [0.3, 0.4) is 0 Å². The number of hydrogen-bond acceptors (Lipinski definition) is 3. The lowest BCUT2D eigenvalue weighted by atomic mass is 10.1. The topological polar surface area (TPSA) is 72.3 Å². The first-order valence-corrected chi connectivity index (χ1v) is 4.33. The normalized spacial score (nSPS) is 16.4. The molecule has 0 aliphatic rings. The van der Waals surface area contributed by atoms with Gasteiger partial charge in [-0.1, -0.05) is 26.2 Å². The van der Waals surface area contributed by atoms with Crippen LogP contribution in [-0.4, -0.2) is 17.4 Å². The predicted molar refractivity (Wildman–Crippen MR) is 47.0 cm³/mol. The second-order valence-corrected chi connectivity index (χ2v) is 3.12. The summed E-state index contributed by atoms with van der Waals surface area (Å²) in [5.74, 6) is 0. The standard InChI is InChI=1S/C8H20N2O/c1-2-3-4-5-6-8(10,11)7-9/h11H,2-7,9-10H2,1H3. The van der Waals surface area contributed by atoms with Gasteiger partial charge in [-0.2, -0.15) is 0 Å². The molecule has 0 aromatic heterocycles. The maximum Gasteiger partial charge on any atom is 0.125 e.